The van der Waals surface area contributed by atoms with Crippen LogP contribution in [0.4, 0.5) is 5.69 Å². The molecule has 42 heavy (non-hydrogen) atoms. The Balaban J connectivity index is 1.29. The number of ketones is 1. The molecule has 6 rings (SSSR count). The van der Waals surface area contributed by atoms with E-state index in [9.17, 15) is 19.2 Å². The van der Waals surface area contributed by atoms with Gasteiger partial charge in [0.15, 0.2) is 12.4 Å². The molecule has 5 aromatic rings. The van der Waals surface area contributed by atoms with Gasteiger partial charge in [-0.05, 0) is 55.0 Å². The molecule has 0 fully saturated rings. The number of rotatable bonds is 7. The van der Waals surface area contributed by atoms with Gasteiger partial charge < -0.3 is 9.47 Å². The average molecular weight is 557 g/mol. The van der Waals surface area contributed by atoms with Gasteiger partial charge in [-0.15, -0.1) is 0 Å². The van der Waals surface area contributed by atoms with Crippen LogP contribution in [0.15, 0.2) is 97.1 Å². The van der Waals surface area contributed by atoms with Crippen molar-refractivity contribution in [2.24, 2.45) is 0 Å². The number of fused-ring (bicyclic) bond motifs is 2. The normalized spacial score (nSPS) is 12.4. The quantitative estimate of drug-likeness (QED) is 0.136. The fourth-order valence-corrected chi connectivity index (χ4v) is 5.00. The highest BCUT2D eigenvalue weighted by Crippen LogP contribution is 2.32. The molecule has 1 aromatic heterocycles. The standard InChI is InChI=1S/C34H24N2O6/c1-20-7-5-12-25-28(34(40)42-19-30(37)22-8-6-9-24(17-22)41-2)18-29(35-31(20)25)21-13-15-23(16-14-21)36-32(38)26-10-3-4-11-27(26)33(36)39/h3-18H,19H2,1-2H3. The van der Waals surface area contributed by atoms with Crippen LogP contribution in [-0.4, -0.2) is 42.3 Å². The molecule has 0 atom stereocenters. The first-order valence-corrected chi connectivity index (χ1v) is 13.2. The highest BCUT2D eigenvalue weighted by Gasteiger charge is 2.36. The number of aryl methyl sites for hydroxylation is 1. The lowest BCUT2D eigenvalue weighted by Crippen LogP contribution is -2.29. The number of methoxy groups -OCH3 is 1. The fraction of sp³-hybridized carbons (Fsp3) is 0.0882. The number of benzene rings is 4. The van der Waals surface area contributed by atoms with Gasteiger partial charge in [0.2, 0.25) is 0 Å². The summed E-state index contributed by atoms with van der Waals surface area (Å²) in [6.45, 7) is 1.46. The summed E-state index contributed by atoms with van der Waals surface area (Å²) in [5.74, 6) is -1.25. The Bertz CT molecular complexity index is 1880. The van der Waals surface area contributed by atoms with Crippen LogP contribution >= 0.6 is 0 Å². The summed E-state index contributed by atoms with van der Waals surface area (Å²) in [6.07, 6.45) is 0. The van der Waals surface area contributed by atoms with Gasteiger partial charge in [-0.25, -0.2) is 14.7 Å². The number of hydrogen-bond donors (Lipinski definition) is 0. The van der Waals surface area contributed by atoms with Crippen molar-refractivity contribution in [2.75, 3.05) is 18.6 Å². The molecular weight excluding hydrogens is 532 g/mol. The lowest BCUT2D eigenvalue weighted by Gasteiger charge is -2.15. The molecule has 0 aliphatic carbocycles. The topological polar surface area (TPSA) is 103 Å². The number of amides is 2. The molecule has 206 valence electrons. The largest absolute Gasteiger partial charge is 0.497 e. The van der Waals surface area contributed by atoms with Gasteiger partial charge in [0.05, 0.1) is 40.7 Å². The minimum absolute atomic E-state index is 0.265. The van der Waals surface area contributed by atoms with Gasteiger partial charge in [-0.2, -0.15) is 0 Å². The molecule has 0 unspecified atom stereocenters. The Morgan fingerprint density at radius 3 is 2.19 bits per heavy atom. The summed E-state index contributed by atoms with van der Waals surface area (Å²) in [7, 11) is 1.51. The van der Waals surface area contributed by atoms with Crippen LogP contribution in [0.25, 0.3) is 22.2 Å². The van der Waals surface area contributed by atoms with Crippen LogP contribution in [-0.2, 0) is 4.74 Å². The predicted octanol–water partition coefficient (Wildman–Crippen LogP) is 6.06. The number of esters is 1. The Morgan fingerprint density at radius 1 is 0.810 bits per heavy atom. The maximum Gasteiger partial charge on any atom is 0.339 e. The number of para-hydroxylation sites is 1. The lowest BCUT2D eigenvalue weighted by molar-refractivity contribution is 0.0476. The summed E-state index contributed by atoms with van der Waals surface area (Å²) in [5.41, 5.74) is 4.44. The summed E-state index contributed by atoms with van der Waals surface area (Å²) < 4.78 is 10.6. The molecule has 0 N–H and O–H groups in total. The zero-order valence-electron chi connectivity index (χ0n) is 22.8. The Hall–Kier alpha value is -5.63. The minimum Gasteiger partial charge on any atom is -0.497 e. The number of imide groups is 1. The third-order valence-electron chi connectivity index (χ3n) is 7.20. The molecule has 8 heteroatoms. The van der Waals surface area contributed by atoms with E-state index < -0.39 is 12.6 Å². The van der Waals surface area contributed by atoms with Crippen molar-refractivity contribution in [3.05, 3.63) is 125 Å². The number of anilines is 1. The van der Waals surface area contributed by atoms with Crippen LogP contribution in [0, 0.1) is 6.92 Å². The third kappa shape index (κ3) is 4.69. The summed E-state index contributed by atoms with van der Waals surface area (Å²) in [4.78, 5) is 57.8. The van der Waals surface area contributed by atoms with E-state index in [0.29, 0.717) is 50.3 Å². The first-order chi connectivity index (χ1) is 20.4. The lowest BCUT2D eigenvalue weighted by atomic mass is 10.0. The zero-order chi connectivity index (χ0) is 29.4. The van der Waals surface area contributed by atoms with Gasteiger partial charge in [-0.3, -0.25) is 14.4 Å². The van der Waals surface area contributed by atoms with E-state index in [2.05, 4.69) is 0 Å². The maximum absolute atomic E-state index is 13.3. The molecule has 1 aliphatic heterocycles. The number of carbonyl (C=O) groups is 4. The zero-order valence-corrected chi connectivity index (χ0v) is 22.8. The van der Waals surface area contributed by atoms with Gasteiger partial charge in [0.1, 0.15) is 5.75 Å². The van der Waals surface area contributed by atoms with E-state index in [1.54, 1.807) is 84.9 Å². The molecular formula is C34H24N2O6. The molecule has 0 radical (unpaired) electrons. The molecule has 1 aliphatic rings. The number of Topliss-reactive ketones (excluding diaryl/α,β-unsaturated/α-hetero) is 1. The highest BCUT2D eigenvalue weighted by molar-refractivity contribution is 6.34. The number of aromatic nitrogens is 1. The molecule has 8 nitrogen and oxygen atoms in total. The smallest absolute Gasteiger partial charge is 0.339 e. The second-order valence-corrected chi connectivity index (χ2v) is 9.80. The van der Waals surface area contributed by atoms with Crippen LogP contribution in [0.3, 0.4) is 0 Å². The SMILES string of the molecule is COc1cccc(C(=O)COC(=O)c2cc(-c3ccc(N4C(=O)c5ccccc5C4=O)cc3)nc3c(C)cccc23)c1. The van der Waals surface area contributed by atoms with Crippen molar-refractivity contribution in [1.29, 1.82) is 0 Å². The number of hydrogen-bond acceptors (Lipinski definition) is 7. The third-order valence-corrected chi connectivity index (χ3v) is 7.20. The van der Waals surface area contributed by atoms with E-state index >= 15 is 0 Å². The monoisotopic (exact) mass is 556 g/mol. The molecule has 0 bridgehead atoms. The van der Waals surface area contributed by atoms with Crippen molar-refractivity contribution in [1.82, 2.24) is 4.98 Å². The number of carbonyl (C=O) groups excluding carboxylic acids is 4. The van der Waals surface area contributed by atoms with Gasteiger partial charge in [-0.1, -0.05) is 54.6 Å². The van der Waals surface area contributed by atoms with Crippen LogP contribution in [0.5, 0.6) is 5.75 Å². The van der Waals surface area contributed by atoms with Crippen LogP contribution < -0.4 is 9.64 Å². The Morgan fingerprint density at radius 2 is 1.50 bits per heavy atom. The summed E-state index contributed by atoms with van der Waals surface area (Å²) in [6, 6.07) is 27.3. The second-order valence-electron chi connectivity index (χ2n) is 9.80. The van der Waals surface area contributed by atoms with Crippen LogP contribution in [0.2, 0.25) is 0 Å². The van der Waals surface area contributed by atoms with Crippen molar-refractivity contribution >= 4 is 40.2 Å². The summed E-state index contributed by atoms with van der Waals surface area (Å²) in [5, 5.41) is 0.597. The Labute approximate surface area is 241 Å². The first-order valence-electron chi connectivity index (χ1n) is 13.2. The number of pyridine rings is 1. The van der Waals surface area contributed by atoms with Gasteiger partial charge in [0, 0.05) is 16.5 Å². The number of ether oxygens (including phenoxy) is 2. The maximum atomic E-state index is 13.3. The highest BCUT2D eigenvalue weighted by atomic mass is 16.5. The minimum atomic E-state index is -0.659. The van der Waals surface area contributed by atoms with E-state index in [1.807, 2.05) is 19.1 Å². The fourth-order valence-electron chi connectivity index (χ4n) is 5.00. The van der Waals surface area contributed by atoms with Gasteiger partial charge >= 0.3 is 5.97 Å². The molecule has 0 saturated heterocycles. The molecule has 2 heterocycles. The van der Waals surface area contributed by atoms with Crippen LogP contribution in [0.1, 0.15) is 47.0 Å². The molecule has 4 aromatic carbocycles. The van der Waals surface area contributed by atoms with Crippen molar-refractivity contribution in [2.45, 2.75) is 6.92 Å². The van der Waals surface area contributed by atoms with Crippen molar-refractivity contribution < 1.29 is 28.7 Å². The molecule has 0 spiro atoms. The Kier molecular flexibility index (Phi) is 6.80. The van der Waals surface area contributed by atoms with Crippen molar-refractivity contribution in [3.63, 3.8) is 0 Å². The van der Waals surface area contributed by atoms with E-state index in [0.717, 1.165) is 10.5 Å². The summed E-state index contributed by atoms with van der Waals surface area (Å²) >= 11 is 0. The molecule has 2 amide bonds. The van der Waals surface area contributed by atoms with E-state index in [1.165, 1.54) is 7.11 Å². The average Bonchev–Trinajstić information content (AvgIpc) is 3.28. The second kappa shape index (κ2) is 10.7. The number of nitrogens with zero attached hydrogens (tertiary/aromatic N) is 2. The van der Waals surface area contributed by atoms with E-state index in [4.69, 9.17) is 14.5 Å². The van der Waals surface area contributed by atoms with Crippen molar-refractivity contribution in [3.8, 4) is 17.0 Å². The first kappa shape index (κ1) is 26.6. The van der Waals surface area contributed by atoms with E-state index in [-0.39, 0.29) is 23.2 Å². The van der Waals surface area contributed by atoms with Gasteiger partial charge in [0.25, 0.3) is 11.8 Å². The molecule has 0 saturated carbocycles. The predicted molar refractivity (Wildman–Crippen MR) is 157 cm³/mol.